The largest absolute Gasteiger partial charge is 0.497 e. The highest BCUT2D eigenvalue weighted by atomic mass is 16.5. The van der Waals surface area contributed by atoms with E-state index in [1.807, 2.05) is 25.1 Å². The zero-order valence-corrected chi connectivity index (χ0v) is 17.0. The quantitative estimate of drug-likeness (QED) is 0.237. The third-order valence-corrected chi connectivity index (χ3v) is 4.53. The average Bonchev–Trinajstić information content (AvgIpc) is 2.77. The molecular weight excluding hydrogens is 380 g/mol. The molecule has 30 heavy (non-hydrogen) atoms. The van der Waals surface area contributed by atoms with E-state index in [0.29, 0.717) is 28.4 Å². The van der Waals surface area contributed by atoms with Crippen molar-refractivity contribution in [1.29, 1.82) is 0 Å². The lowest BCUT2D eigenvalue weighted by Gasteiger charge is -2.08. The number of aryl methyl sites for hydroxylation is 1. The van der Waals surface area contributed by atoms with Crippen molar-refractivity contribution in [3.05, 3.63) is 95.1 Å². The van der Waals surface area contributed by atoms with Gasteiger partial charge in [0.2, 0.25) is 0 Å². The van der Waals surface area contributed by atoms with E-state index in [-0.39, 0.29) is 5.78 Å². The lowest BCUT2D eigenvalue weighted by Crippen LogP contribution is -2.10. The fraction of sp³-hybridized carbons (Fsp3) is 0.120. The van der Waals surface area contributed by atoms with Gasteiger partial charge in [-0.05, 0) is 54.5 Å². The van der Waals surface area contributed by atoms with Gasteiger partial charge in [-0.1, -0.05) is 36.4 Å². The van der Waals surface area contributed by atoms with Crippen LogP contribution in [-0.4, -0.2) is 26.0 Å². The highest BCUT2D eigenvalue weighted by Crippen LogP contribution is 2.25. The molecule has 0 aliphatic heterocycles. The van der Waals surface area contributed by atoms with Gasteiger partial charge in [0, 0.05) is 6.07 Å². The van der Waals surface area contributed by atoms with Gasteiger partial charge in [0.15, 0.2) is 5.78 Å². The van der Waals surface area contributed by atoms with Crippen molar-refractivity contribution >= 4 is 17.8 Å². The van der Waals surface area contributed by atoms with E-state index in [1.165, 1.54) is 13.2 Å². The van der Waals surface area contributed by atoms with Gasteiger partial charge in [-0.25, -0.2) is 4.79 Å². The molecule has 0 radical (unpaired) electrons. The average molecular weight is 402 g/mol. The van der Waals surface area contributed by atoms with Crippen LogP contribution in [0.4, 0.5) is 0 Å². The topological polar surface area (TPSA) is 61.8 Å². The molecule has 3 rings (SSSR count). The Labute approximate surface area is 175 Å². The van der Waals surface area contributed by atoms with Crippen molar-refractivity contribution in [1.82, 2.24) is 0 Å². The maximum Gasteiger partial charge on any atom is 0.343 e. The zero-order chi connectivity index (χ0) is 21.5. The molecule has 0 aliphatic carbocycles. The number of esters is 1. The number of ketones is 1. The molecule has 0 saturated heterocycles. The summed E-state index contributed by atoms with van der Waals surface area (Å²) in [6, 6.07) is 19.2. The van der Waals surface area contributed by atoms with E-state index in [1.54, 1.807) is 61.7 Å². The third-order valence-electron chi connectivity index (χ3n) is 4.53. The Bertz CT molecular complexity index is 1100. The van der Waals surface area contributed by atoms with Gasteiger partial charge in [0.25, 0.3) is 0 Å². The number of hydrogen-bond acceptors (Lipinski definition) is 5. The molecule has 0 aliphatic rings. The Balaban J connectivity index is 1.75. The molecule has 152 valence electrons. The molecule has 3 aromatic rings. The SMILES string of the molecule is COc1ccc(C(=O)/C=C/c2cccc(OC(=O)c3ccccc3C)c2)c(OC)c1. The minimum absolute atomic E-state index is 0.211. The van der Waals surface area contributed by atoms with E-state index in [2.05, 4.69) is 0 Å². The maximum absolute atomic E-state index is 12.6. The normalized spacial score (nSPS) is 10.6. The molecule has 0 heterocycles. The van der Waals surface area contributed by atoms with E-state index < -0.39 is 5.97 Å². The van der Waals surface area contributed by atoms with Gasteiger partial charge in [-0.3, -0.25) is 4.79 Å². The number of ether oxygens (including phenoxy) is 3. The van der Waals surface area contributed by atoms with Crippen LogP contribution in [-0.2, 0) is 0 Å². The fourth-order valence-corrected chi connectivity index (χ4v) is 2.91. The van der Waals surface area contributed by atoms with E-state index in [9.17, 15) is 9.59 Å². The number of hydrogen-bond donors (Lipinski definition) is 0. The summed E-state index contributed by atoms with van der Waals surface area (Å²) < 4.78 is 15.9. The summed E-state index contributed by atoms with van der Waals surface area (Å²) in [6.07, 6.45) is 3.11. The number of carbonyl (C=O) groups is 2. The van der Waals surface area contributed by atoms with Crippen molar-refractivity contribution in [3.8, 4) is 17.2 Å². The number of methoxy groups -OCH3 is 2. The van der Waals surface area contributed by atoms with Gasteiger partial charge >= 0.3 is 5.97 Å². The lowest BCUT2D eigenvalue weighted by atomic mass is 10.1. The van der Waals surface area contributed by atoms with E-state index >= 15 is 0 Å². The molecule has 0 N–H and O–H groups in total. The molecule has 0 amide bonds. The Morgan fingerprint density at radius 3 is 2.33 bits per heavy atom. The molecule has 0 aromatic heterocycles. The first-order valence-electron chi connectivity index (χ1n) is 9.34. The van der Waals surface area contributed by atoms with Gasteiger partial charge in [-0.15, -0.1) is 0 Å². The van der Waals surface area contributed by atoms with E-state index in [4.69, 9.17) is 14.2 Å². The van der Waals surface area contributed by atoms with Crippen LogP contribution in [0.1, 0.15) is 31.8 Å². The predicted molar refractivity (Wildman–Crippen MR) is 115 cm³/mol. The standard InChI is InChI=1S/C25H22O5/c1-17-7-4-5-10-21(17)25(27)30-20-9-6-8-18(15-20)11-14-23(26)22-13-12-19(28-2)16-24(22)29-3/h4-16H,1-3H3/b14-11+. The van der Waals surface area contributed by atoms with Crippen LogP contribution in [0.2, 0.25) is 0 Å². The zero-order valence-electron chi connectivity index (χ0n) is 17.0. The molecule has 3 aromatic carbocycles. The van der Waals surface area contributed by atoms with Crippen molar-refractivity contribution < 1.29 is 23.8 Å². The Morgan fingerprint density at radius 1 is 0.800 bits per heavy atom. The van der Waals surface area contributed by atoms with E-state index in [0.717, 1.165) is 11.1 Å². The molecule has 0 spiro atoms. The fourth-order valence-electron chi connectivity index (χ4n) is 2.91. The summed E-state index contributed by atoms with van der Waals surface area (Å²) in [5.41, 5.74) is 2.51. The number of allylic oxidation sites excluding steroid dienone is 1. The van der Waals surface area contributed by atoms with Gasteiger partial charge in [0.1, 0.15) is 17.2 Å². The van der Waals surface area contributed by atoms with Crippen molar-refractivity contribution in [2.75, 3.05) is 14.2 Å². The first-order valence-corrected chi connectivity index (χ1v) is 9.34. The Morgan fingerprint density at radius 2 is 1.60 bits per heavy atom. The van der Waals surface area contributed by atoms with Crippen LogP contribution in [0, 0.1) is 6.92 Å². The van der Waals surface area contributed by atoms with Crippen LogP contribution < -0.4 is 14.2 Å². The monoisotopic (exact) mass is 402 g/mol. The summed E-state index contributed by atoms with van der Waals surface area (Å²) >= 11 is 0. The van der Waals surface area contributed by atoms with Crippen molar-refractivity contribution in [2.24, 2.45) is 0 Å². The minimum atomic E-state index is -0.423. The van der Waals surface area contributed by atoms with Crippen molar-refractivity contribution in [3.63, 3.8) is 0 Å². The summed E-state index contributed by atoms with van der Waals surface area (Å²) in [5, 5.41) is 0. The van der Waals surface area contributed by atoms with Gasteiger partial charge < -0.3 is 14.2 Å². The highest BCUT2D eigenvalue weighted by Gasteiger charge is 2.12. The smallest absolute Gasteiger partial charge is 0.343 e. The molecule has 5 nitrogen and oxygen atoms in total. The molecule has 0 saturated carbocycles. The van der Waals surface area contributed by atoms with Gasteiger partial charge in [0.05, 0.1) is 25.3 Å². The summed E-state index contributed by atoms with van der Waals surface area (Å²) in [7, 11) is 3.05. The minimum Gasteiger partial charge on any atom is -0.497 e. The molecule has 0 atom stereocenters. The second-order valence-corrected chi connectivity index (χ2v) is 6.54. The lowest BCUT2D eigenvalue weighted by molar-refractivity contribution is 0.0733. The molecule has 5 heteroatoms. The molecule has 0 fully saturated rings. The Kier molecular flexibility index (Phi) is 6.65. The van der Waals surface area contributed by atoms with Crippen LogP contribution in [0.15, 0.2) is 72.8 Å². The summed E-state index contributed by atoms with van der Waals surface area (Å²) in [4.78, 5) is 25.0. The molecule has 0 bridgehead atoms. The van der Waals surface area contributed by atoms with Crippen LogP contribution in [0.25, 0.3) is 6.08 Å². The first kappa shape index (κ1) is 20.9. The molecule has 0 unspecified atom stereocenters. The van der Waals surface area contributed by atoms with Crippen molar-refractivity contribution in [2.45, 2.75) is 6.92 Å². The second-order valence-electron chi connectivity index (χ2n) is 6.54. The van der Waals surface area contributed by atoms with Gasteiger partial charge in [-0.2, -0.15) is 0 Å². The van der Waals surface area contributed by atoms with Crippen LogP contribution >= 0.6 is 0 Å². The summed E-state index contributed by atoms with van der Waals surface area (Å²) in [5.74, 6) is 0.811. The first-order chi connectivity index (χ1) is 14.5. The predicted octanol–water partition coefficient (Wildman–Crippen LogP) is 5.13. The van der Waals surface area contributed by atoms with Crippen LogP contribution in [0.3, 0.4) is 0 Å². The molecular formula is C25H22O5. The highest BCUT2D eigenvalue weighted by molar-refractivity contribution is 6.08. The number of rotatable bonds is 7. The summed E-state index contributed by atoms with van der Waals surface area (Å²) in [6.45, 7) is 1.86. The second kappa shape index (κ2) is 9.56. The Hall–Kier alpha value is -3.86. The van der Waals surface area contributed by atoms with Crippen LogP contribution in [0.5, 0.6) is 17.2 Å². The number of carbonyl (C=O) groups excluding carboxylic acids is 2. The third kappa shape index (κ3) is 4.94. The maximum atomic E-state index is 12.6. The number of benzene rings is 3.